The molecule has 3 heterocycles. The molecule has 36 heavy (non-hydrogen) atoms. The maximum absolute atomic E-state index is 13.3. The zero-order valence-electron chi connectivity index (χ0n) is 19.7. The summed E-state index contributed by atoms with van der Waals surface area (Å²) in [6.45, 7) is 2.52. The van der Waals surface area contributed by atoms with Gasteiger partial charge >= 0.3 is 0 Å². The maximum atomic E-state index is 13.3. The molecule has 1 amide bonds. The van der Waals surface area contributed by atoms with Crippen molar-refractivity contribution in [1.29, 1.82) is 0 Å². The number of pyridine rings is 1. The van der Waals surface area contributed by atoms with Crippen molar-refractivity contribution in [1.82, 2.24) is 19.9 Å². The van der Waals surface area contributed by atoms with Crippen LogP contribution in [0.1, 0.15) is 34.2 Å². The summed E-state index contributed by atoms with van der Waals surface area (Å²) in [6.07, 6.45) is 4.02. The van der Waals surface area contributed by atoms with Crippen LogP contribution in [0, 0.1) is 5.82 Å². The van der Waals surface area contributed by atoms with Crippen molar-refractivity contribution < 1.29 is 13.6 Å². The van der Waals surface area contributed by atoms with Crippen molar-refractivity contribution in [2.75, 3.05) is 0 Å². The van der Waals surface area contributed by atoms with E-state index < -0.39 is 0 Å². The number of hydrogen-bond acceptors (Lipinski definition) is 5. The van der Waals surface area contributed by atoms with Crippen molar-refractivity contribution in [2.45, 2.75) is 36.8 Å². The predicted molar refractivity (Wildman–Crippen MR) is 138 cm³/mol. The molecule has 8 heteroatoms. The molecule has 5 rings (SSSR count). The first kappa shape index (κ1) is 23.8. The van der Waals surface area contributed by atoms with Gasteiger partial charge in [0.2, 0.25) is 0 Å². The highest BCUT2D eigenvalue weighted by Gasteiger charge is 2.15. The molecule has 0 aliphatic carbocycles. The number of rotatable bonds is 9. The van der Waals surface area contributed by atoms with Crippen LogP contribution >= 0.6 is 11.8 Å². The molecule has 0 aliphatic heterocycles. The monoisotopic (exact) mass is 500 g/mol. The summed E-state index contributed by atoms with van der Waals surface area (Å²) in [4.78, 5) is 22.0. The van der Waals surface area contributed by atoms with E-state index in [2.05, 4.69) is 14.9 Å². The Bertz CT molecular complexity index is 1450. The summed E-state index contributed by atoms with van der Waals surface area (Å²) in [5, 5.41) is 3.85. The fraction of sp³-hybridized carbons (Fsp3) is 0.179. The van der Waals surface area contributed by atoms with Gasteiger partial charge in [-0.25, -0.2) is 14.4 Å². The van der Waals surface area contributed by atoms with Crippen molar-refractivity contribution in [2.24, 2.45) is 0 Å². The van der Waals surface area contributed by atoms with Crippen LogP contribution in [0.3, 0.4) is 0 Å². The largest absolute Gasteiger partial charge is 0.469 e. The Morgan fingerprint density at radius 2 is 1.83 bits per heavy atom. The lowest BCUT2D eigenvalue weighted by atomic mass is 10.1. The second kappa shape index (κ2) is 10.8. The molecule has 3 aromatic heterocycles. The average molecular weight is 501 g/mol. The molecule has 0 radical (unpaired) electrons. The Morgan fingerprint density at radius 1 is 1.06 bits per heavy atom. The van der Waals surface area contributed by atoms with Gasteiger partial charge in [0.05, 0.1) is 12.8 Å². The first-order valence-corrected chi connectivity index (χ1v) is 12.6. The summed E-state index contributed by atoms with van der Waals surface area (Å²) in [5.41, 5.74) is 4.27. The number of thioether (sulfide) groups is 1. The number of benzene rings is 2. The van der Waals surface area contributed by atoms with Crippen molar-refractivity contribution in [3.8, 4) is 0 Å². The number of imidazole rings is 1. The van der Waals surface area contributed by atoms with Crippen molar-refractivity contribution in [3.63, 3.8) is 0 Å². The number of carbonyl (C=O) groups excluding carboxylic acids is 1. The van der Waals surface area contributed by atoms with Crippen molar-refractivity contribution >= 4 is 28.8 Å². The third-order valence-electron chi connectivity index (χ3n) is 5.77. The van der Waals surface area contributed by atoms with Gasteiger partial charge in [0, 0.05) is 30.0 Å². The SMILES string of the molecule is C[C@@H](Cc1ccco1)NC(=O)c1ccc(Cn2c(SCc3ccc(F)cc3)nc3cccnc32)cc1. The zero-order chi connectivity index (χ0) is 24.9. The van der Waals surface area contributed by atoms with Gasteiger partial charge in [-0.05, 0) is 66.6 Å². The van der Waals surface area contributed by atoms with Crippen LogP contribution in [-0.2, 0) is 18.7 Å². The minimum atomic E-state index is -0.246. The predicted octanol–water partition coefficient (Wildman–Crippen LogP) is 5.87. The fourth-order valence-electron chi connectivity index (χ4n) is 3.95. The molecule has 0 saturated heterocycles. The van der Waals surface area contributed by atoms with Crippen LogP contribution in [0.15, 0.2) is 94.8 Å². The molecule has 0 fully saturated rings. The summed E-state index contributed by atoms with van der Waals surface area (Å²) in [7, 11) is 0. The molecule has 0 spiro atoms. The van der Waals surface area contributed by atoms with Gasteiger partial charge in [0.1, 0.15) is 17.1 Å². The summed E-state index contributed by atoms with van der Waals surface area (Å²) in [5.74, 6) is 1.14. The van der Waals surface area contributed by atoms with Gasteiger partial charge < -0.3 is 9.73 Å². The molecule has 0 saturated carbocycles. The number of aromatic nitrogens is 3. The lowest BCUT2D eigenvalue weighted by Crippen LogP contribution is -2.33. The van der Waals surface area contributed by atoms with Gasteiger partial charge in [-0.3, -0.25) is 9.36 Å². The standard InChI is InChI=1S/C28H25FN4O2S/c1-19(16-24-4-3-15-35-24)31-27(34)22-10-6-20(7-11-22)17-33-26-25(5-2-14-30-26)32-28(33)36-18-21-8-12-23(29)13-9-21/h2-15,19H,16-18H2,1H3,(H,31,34)/t19-/m0/s1. The quantitative estimate of drug-likeness (QED) is 0.257. The second-order valence-corrected chi connectivity index (χ2v) is 9.54. The molecule has 1 atom stereocenters. The van der Waals surface area contributed by atoms with Gasteiger partial charge in [-0.2, -0.15) is 0 Å². The molecule has 182 valence electrons. The Labute approximate surface area is 212 Å². The van der Waals surface area contributed by atoms with Gasteiger partial charge in [0.25, 0.3) is 5.91 Å². The van der Waals surface area contributed by atoms with Crippen LogP contribution in [0.4, 0.5) is 4.39 Å². The van der Waals surface area contributed by atoms with Crippen LogP contribution in [-0.4, -0.2) is 26.5 Å². The van der Waals surface area contributed by atoms with E-state index in [0.29, 0.717) is 24.3 Å². The molecule has 0 unspecified atom stereocenters. The topological polar surface area (TPSA) is 73.0 Å². The van der Waals surface area contributed by atoms with E-state index in [9.17, 15) is 9.18 Å². The Morgan fingerprint density at radius 3 is 2.58 bits per heavy atom. The van der Waals surface area contributed by atoms with Gasteiger partial charge in [-0.15, -0.1) is 0 Å². The molecule has 2 aromatic carbocycles. The molecule has 0 bridgehead atoms. The minimum Gasteiger partial charge on any atom is -0.469 e. The highest BCUT2D eigenvalue weighted by Crippen LogP contribution is 2.27. The normalized spacial score (nSPS) is 12.1. The highest BCUT2D eigenvalue weighted by molar-refractivity contribution is 7.98. The van der Waals surface area contributed by atoms with Crippen LogP contribution in [0.2, 0.25) is 0 Å². The van der Waals surface area contributed by atoms with E-state index in [0.717, 1.165) is 33.2 Å². The van der Waals surface area contributed by atoms with Crippen molar-refractivity contribution in [3.05, 3.63) is 114 Å². The zero-order valence-corrected chi connectivity index (χ0v) is 20.5. The number of hydrogen-bond donors (Lipinski definition) is 1. The maximum Gasteiger partial charge on any atom is 0.251 e. The molecular weight excluding hydrogens is 475 g/mol. The number of furan rings is 1. The van der Waals surface area contributed by atoms with Crippen LogP contribution in [0.25, 0.3) is 11.2 Å². The van der Waals surface area contributed by atoms with Gasteiger partial charge in [0.15, 0.2) is 10.8 Å². The van der Waals surface area contributed by atoms with E-state index in [-0.39, 0.29) is 17.8 Å². The lowest BCUT2D eigenvalue weighted by molar-refractivity contribution is 0.0939. The first-order chi connectivity index (χ1) is 17.5. The number of nitrogens with zero attached hydrogens (tertiary/aromatic N) is 3. The number of amides is 1. The summed E-state index contributed by atoms with van der Waals surface area (Å²) < 4.78 is 20.7. The highest BCUT2D eigenvalue weighted by atomic mass is 32.2. The van der Waals surface area contributed by atoms with E-state index in [4.69, 9.17) is 9.40 Å². The number of nitrogens with one attached hydrogen (secondary N) is 1. The minimum absolute atomic E-state index is 0.0487. The lowest BCUT2D eigenvalue weighted by Gasteiger charge is -2.13. The van der Waals surface area contributed by atoms with Gasteiger partial charge in [-0.1, -0.05) is 36.0 Å². The van der Waals surface area contributed by atoms with E-state index >= 15 is 0 Å². The smallest absolute Gasteiger partial charge is 0.251 e. The average Bonchev–Trinajstić information content (AvgIpc) is 3.52. The second-order valence-electron chi connectivity index (χ2n) is 8.60. The van der Waals surface area contributed by atoms with E-state index in [1.54, 1.807) is 36.4 Å². The molecule has 6 nitrogen and oxygen atoms in total. The number of halogens is 1. The summed E-state index contributed by atoms with van der Waals surface area (Å²) in [6, 6.07) is 21.6. The fourth-order valence-corrected chi connectivity index (χ4v) is 4.91. The third-order valence-corrected chi connectivity index (χ3v) is 6.82. The first-order valence-electron chi connectivity index (χ1n) is 11.7. The van der Waals surface area contributed by atoms with Crippen LogP contribution < -0.4 is 5.32 Å². The third kappa shape index (κ3) is 5.66. The van der Waals surface area contributed by atoms with E-state index in [1.807, 2.05) is 55.5 Å². The number of fused-ring (bicyclic) bond motifs is 1. The van der Waals surface area contributed by atoms with E-state index in [1.165, 1.54) is 12.1 Å². The molecule has 1 N–H and O–H groups in total. The Kier molecular flexibility index (Phi) is 7.13. The Hall–Kier alpha value is -3.91. The molecular formula is C28H25FN4O2S. The molecule has 0 aliphatic rings. The Balaban J connectivity index is 1.29. The summed E-state index contributed by atoms with van der Waals surface area (Å²) >= 11 is 1.58. The molecule has 5 aromatic rings. The van der Waals surface area contributed by atoms with Crippen LogP contribution in [0.5, 0.6) is 0 Å². The number of carbonyl (C=O) groups is 1.